The van der Waals surface area contributed by atoms with Gasteiger partial charge in [0.25, 0.3) is 5.92 Å². The molecule has 0 spiro atoms. The first-order chi connectivity index (χ1) is 16.8. The third-order valence-corrected chi connectivity index (χ3v) is 7.59. The fraction of sp³-hybridized carbons (Fsp3) is 0.400. The molecule has 4 unspecified atom stereocenters. The zero-order valence-corrected chi connectivity index (χ0v) is 21.3. The SMILES string of the molecule is CCc1ccc(Cc2cc(C3OC(COCc4ccccc4)C(F)(F)C(C)C3C)ccc2Cl)cc1. The van der Waals surface area contributed by atoms with Gasteiger partial charge in [-0.3, -0.25) is 0 Å². The number of halogens is 3. The van der Waals surface area contributed by atoms with Crippen molar-refractivity contribution in [2.75, 3.05) is 6.61 Å². The van der Waals surface area contributed by atoms with E-state index in [2.05, 4.69) is 31.2 Å². The van der Waals surface area contributed by atoms with Gasteiger partial charge in [-0.05, 0) is 52.6 Å². The summed E-state index contributed by atoms with van der Waals surface area (Å²) in [5.74, 6) is -4.20. The Labute approximate surface area is 212 Å². The number of alkyl halides is 2. The van der Waals surface area contributed by atoms with E-state index >= 15 is 8.78 Å². The average molecular weight is 499 g/mol. The van der Waals surface area contributed by atoms with Crippen molar-refractivity contribution in [2.24, 2.45) is 11.8 Å². The number of benzene rings is 3. The van der Waals surface area contributed by atoms with Gasteiger partial charge < -0.3 is 9.47 Å². The van der Waals surface area contributed by atoms with E-state index in [9.17, 15) is 0 Å². The molecule has 0 N–H and O–H groups in total. The van der Waals surface area contributed by atoms with Crippen LogP contribution in [0.5, 0.6) is 0 Å². The van der Waals surface area contributed by atoms with E-state index in [0.717, 1.165) is 28.7 Å². The molecular formula is C30H33ClF2O2. The summed E-state index contributed by atoms with van der Waals surface area (Å²) in [5, 5.41) is 0.665. The second-order valence-corrected chi connectivity index (χ2v) is 9.97. The van der Waals surface area contributed by atoms with Gasteiger partial charge in [0.05, 0.1) is 19.3 Å². The topological polar surface area (TPSA) is 18.5 Å². The van der Waals surface area contributed by atoms with E-state index in [1.54, 1.807) is 6.92 Å². The predicted octanol–water partition coefficient (Wildman–Crippen LogP) is 8.06. The monoisotopic (exact) mass is 498 g/mol. The van der Waals surface area contributed by atoms with Crippen molar-refractivity contribution < 1.29 is 18.3 Å². The predicted molar refractivity (Wildman–Crippen MR) is 137 cm³/mol. The molecule has 1 heterocycles. The van der Waals surface area contributed by atoms with Crippen LogP contribution in [0.1, 0.15) is 54.7 Å². The molecule has 0 aromatic heterocycles. The first-order valence-corrected chi connectivity index (χ1v) is 12.7. The molecule has 1 fully saturated rings. The molecule has 0 aliphatic carbocycles. The van der Waals surface area contributed by atoms with Gasteiger partial charge in [0.15, 0.2) is 0 Å². The van der Waals surface area contributed by atoms with Crippen LogP contribution in [0.3, 0.4) is 0 Å². The molecule has 0 bridgehead atoms. The lowest BCUT2D eigenvalue weighted by molar-refractivity contribution is -0.262. The molecule has 1 aliphatic rings. The number of aryl methyl sites for hydroxylation is 1. The van der Waals surface area contributed by atoms with Gasteiger partial charge >= 0.3 is 0 Å². The molecule has 0 amide bonds. The van der Waals surface area contributed by atoms with Gasteiger partial charge in [0.2, 0.25) is 0 Å². The first-order valence-electron chi connectivity index (χ1n) is 12.3. The Bertz CT molecular complexity index is 1100. The smallest absolute Gasteiger partial charge is 0.278 e. The van der Waals surface area contributed by atoms with Crippen LogP contribution in [0.4, 0.5) is 8.78 Å². The summed E-state index contributed by atoms with van der Waals surface area (Å²) in [6.07, 6.45) is -0.115. The molecule has 0 saturated carbocycles. The summed E-state index contributed by atoms with van der Waals surface area (Å²) >= 11 is 6.53. The maximum Gasteiger partial charge on any atom is 0.278 e. The van der Waals surface area contributed by atoms with E-state index in [4.69, 9.17) is 21.1 Å². The van der Waals surface area contributed by atoms with E-state index in [1.165, 1.54) is 5.56 Å². The number of hydrogen-bond donors (Lipinski definition) is 0. The normalized spacial score (nSPS) is 23.8. The number of hydrogen-bond acceptors (Lipinski definition) is 2. The lowest BCUT2D eigenvalue weighted by Gasteiger charge is -2.45. The maximum absolute atomic E-state index is 15.2. The van der Waals surface area contributed by atoms with Gasteiger partial charge in [-0.2, -0.15) is 0 Å². The van der Waals surface area contributed by atoms with E-state index in [1.807, 2.05) is 55.5 Å². The van der Waals surface area contributed by atoms with E-state index < -0.39 is 24.0 Å². The van der Waals surface area contributed by atoms with Gasteiger partial charge in [-0.1, -0.05) is 99.1 Å². The van der Waals surface area contributed by atoms with Crippen molar-refractivity contribution in [3.05, 3.63) is 106 Å². The third-order valence-electron chi connectivity index (χ3n) is 7.22. The van der Waals surface area contributed by atoms with Crippen LogP contribution in [0.25, 0.3) is 0 Å². The summed E-state index contributed by atoms with van der Waals surface area (Å²) in [4.78, 5) is 0. The summed E-state index contributed by atoms with van der Waals surface area (Å²) in [6.45, 7) is 5.68. The van der Waals surface area contributed by atoms with Crippen molar-refractivity contribution in [1.29, 1.82) is 0 Å². The van der Waals surface area contributed by atoms with Crippen LogP contribution < -0.4 is 0 Å². The van der Waals surface area contributed by atoms with Crippen molar-refractivity contribution in [3.63, 3.8) is 0 Å². The molecule has 0 radical (unpaired) electrons. The molecule has 186 valence electrons. The highest BCUT2D eigenvalue weighted by atomic mass is 35.5. The third kappa shape index (κ3) is 5.94. The minimum Gasteiger partial charge on any atom is -0.374 e. The van der Waals surface area contributed by atoms with Crippen molar-refractivity contribution >= 4 is 11.6 Å². The molecule has 4 atom stereocenters. The standard InChI is InChI=1S/C30H33ClF2O2/c1-4-22-10-12-23(13-11-22)16-26-17-25(14-15-27(26)31)29-20(2)21(3)30(32,33)28(35-29)19-34-18-24-8-6-5-7-9-24/h5-15,17,20-21,28-29H,4,16,18-19H2,1-3H3. The Balaban J connectivity index is 1.51. The van der Waals surface area contributed by atoms with Gasteiger partial charge in [-0.15, -0.1) is 0 Å². The molecule has 1 aliphatic heterocycles. The molecule has 1 saturated heterocycles. The van der Waals surface area contributed by atoms with Crippen LogP contribution >= 0.6 is 11.6 Å². The number of rotatable bonds is 8. The minimum atomic E-state index is -2.98. The number of ether oxygens (including phenoxy) is 2. The van der Waals surface area contributed by atoms with Gasteiger partial charge in [-0.25, -0.2) is 8.78 Å². The Morgan fingerprint density at radius 3 is 2.29 bits per heavy atom. The Morgan fingerprint density at radius 2 is 1.60 bits per heavy atom. The second kappa shape index (κ2) is 11.2. The molecule has 35 heavy (non-hydrogen) atoms. The first kappa shape index (κ1) is 25.8. The quantitative estimate of drug-likeness (QED) is 0.312. The summed E-state index contributed by atoms with van der Waals surface area (Å²) in [7, 11) is 0. The summed E-state index contributed by atoms with van der Waals surface area (Å²) < 4.78 is 42.1. The van der Waals surface area contributed by atoms with Gasteiger partial charge in [0, 0.05) is 10.9 Å². The van der Waals surface area contributed by atoms with Crippen LogP contribution in [0.2, 0.25) is 5.02 Å². The fourth-order valence-corrected chi connectivity index (χ4v) is 4.89. The van der Waals surface area contributed by atoms with E-state index in [0.29, 0.717) is 11.4 Å². The Morgan fingerprint density at radius 1 is 0.914 bits per heavy atom. The van der Waals surface area contributed by atoms with Crippen LogP contribution in [-0.2, 0) is 28.9 Å². The highest BCUT2D eigenvalue weighted by Crippen LogP contribution is 2.48. The molecule has 3 aromatic rings. The van der Waals surface area contributed by atoms with Crippen molar-refractivity contribution in [2.45, 2.75) is 58.4 Å². The van der Waals surface area contributed by atoms with Gasteiger partial charge in [0.1, 0.15) is 6.10 Å². The summed E-state index contributed by atoms with van der Waals surface area (Å²) in [5.41, 5.74) is 5.22. The van der Waals surface area contributed by atoms with Crippen LogP contribution in [0.15, 0.2) is 72.8 Å². The van der Waals surface area contributed by atoms with Crippen LogP contribution in [0, 0.1) is 11.8 Å². The minimum absolute atomic E-state index is 0.167. The van der Waals surface area contributed by atoms with Crippen molar-refractivity contribution in [1.82, 2.24) is 0 Å². The highest BCUT2D eigenvalue weighted by molar-refractivity contribution is 6.31. The molecule has 2 nitrogen and oxygen atoms in total. The highest BCUT2D eigenvalue weighted by Gasteiger charge is 2.54. The maximum atomic E-state index is 15.2. The average Bonchev–Trinajstić information content (AvgIpc) is 2.87. The Hall–Kier alpha value is -2.27. The molecule has 4 rings (SSSR count). The largest absolute Gasteiger partial charge is 0.374 e. The zero-order chi connectivity index (χ0) is 25.0. The lowest BCUT2D eigenvalue weighted by atomic mass is 9.78. The summed E-state index contributed by atoms with van der Waals surface area (Å²) in [6, 6.07) is 23.8. The molecule has 3 aromatic carbocycles. The zero-order valence-electron chi connectivity index (χ0n) is 20.5. The van der Waals surface area contributed by atoms with E-state index in [-0.39, 0.29) is 19.1 Å². The molecule has 5 heteroatoms. The Kier molecular flexibility index (Phi) is 8.26. The second-order valence-electron chi connectivity index (χ2n) is 9.57. The molecular weight excluding hydrogens is 466 g/mol. The lowest BCUT2D eigenvalue weighted by Crippen LogP contribution is -2.52. The van der Waals surface area contributed by atoms with Crippen molar-refractivity contribution in [3.8, 4) is 0 Å². The van der Waals surface area contributed by atoms with Crippen LogP contribution in [-0.4, -0.2) is 18.6 Å². The fourth-order valence-electron chi connectivity index (χ4n) is 4.71.